The molecule has 0 aliphatic carbocycles. The van der Waals surface area contributed by atoms with Crippen molar-refractivity contribution >= 4 is 37.8 Å². The fraction of sp³-hybridized carbons (Fsp3) is 0.235. The molecule has 0 N–H and O–H groups in total. The largest absolute Gasteiger partial charge is 0.427 e. The molecule has 0 radical (unpaired) electrons. The number of unbranched alkanes of at least 4 members (excludes halogenated alkanes) is 6. The summed E-state index contributed by atoms with van der Waals surface area (Å²) >= 11 is 7.01. The van der Waals surface area contributed by atoms with Crippen molar-refractivity contribution in [2.45, 2.75) is 51.4 Å². The molecule has 3 aromatic carbocycles. The first-order valence-electron chi connectivity index (χ1n) is 13.3. The van der Waals surface area contributed by atoms with E-state index in [1.54, 1.807) is 0 Å². The van der Waals surface area contributed by atoms with E-state index >= 15 is 0 Å². The van der Waals surface area contributed by atoms with Crippen LogP contribution in [-0.4, -0.2) is 5.97 Å². The molecule has 1 aromatic heterocycles. The van der Waals surface area contributed by atoms with E-state index in [0.717, 1.165) is 87.7 Å². The molecule has 3 nitrogen and oxygen atoms in total. The Kier molecular flexibility index (Phi) is 10.9. The lowest BCUT2D eigenvalue weighted by atomic mass is 10.0. The highest BCUT2D eigenvalue weighted by Gasteiger charge is 2.21. The highest BCUT2D eigenvalue weighted by atomic mass is 79.9. The Bertz CT molecular complexity index is 1340. The summed E-state index contributed by atoms with van der Waals surface area (Å²) in [5.74, 6) is 4.57. The van der Waals surface area contributed by atoms with E-state index in [-0.39, 0.29) is 5.97 Å². The molecule has 39 heavy (non-hydrogen) atoms. The van der Waals surface area contributed by atoms with E-state index in [4.69, 9.17) is 15.6 Å². The number of carbonyl (C=O) groups excluding carboxylic acids is 1. The van der Waals surface area contributed by atoms with Crippen molar-refractivity contribution in [3.8, 4) is 51.9 Å². The van der Waals surface area contributed by atoms with Gasteiger partial charge in [0.15, 0.2) is 0 Å². The molecule has 0 unspecified atom stereocenters. The minimum atomic E-state index is -0.191. The molecule has 0 saturated heterocycles. The van der Waals surface area contributed by atoms with E-state index in [2.05, 4.69) is 37.8 Å². The quantitative estimate of drug-likeness (QED) is 0.0505. The van der Waals surface area contributed by atoms with Crippen molar-refractivity contribution < 1.29 is 13.9 Å². The van der Waals surface area contributed by atoms with Crippen molar-refractivity contribution in [1.82, 2.24) is 0 Å². The maximum Gasteiger partial charge on any atom is 0.361 e. The van der Waals surface area contributed by atoms with Crippen LogP contribution in [0.5, 0.6) is 5.75 Å². The standard InChI is InChI=1S/C34H31Br2O3/c1-2-3-4-5-6-7-8-9-10-34(37)38-31-21-15-25(16-22-31)28-23-32(26-11-17-29(35)18-12-26)39-33(24-28)27-13-19-30(36)20-14-27/h1,11-24H,3-10H2/q+1. The van der Waals surface area contributed by atoms with Gasteiger partial charge in [-0.1, -0.05) is 69.7 Å². The Balaban J connectivity index is 1.44. The van der Waals surface area contributed by atoms with Gasteiger partial charge in [-0.25, -0.2) is 4.42 Å². The number of halogens is 2. The fourth-order valence-electron chi connectivity index (χ4n) is 4.28. The van der Waals surface area contributed by atoms with Crippen LogP contribution in [0.1, 0.15) is 51.4 Å². The zero-order chi connectivity index (χ0) is 27.5. The van der Waals surface area contributed by atoms with Gasteiger partial charge in [0.2, 0.25) is 0 Å². The predicted molar refractivity (Wildman–Crippen MR) is 166 cm³/mol. The van der Waals surface area contributed by atoms with Gasteiger partial charge in [-0.2, -0.15) is 0 Å². The van der Waals surface area contributed by atoms with Gasteiger partial charge in [-0.15, -0.1) is 12.3 Å². The van der Waals surface area contributed by atoms with Crippen LogP contribution in [-0.2, 0) is 4.79 Å². The van der Waals surface area contributed by atoms with E-state index in [1.165, 1.54) is 0 Å². The summed E-state index contributed by atoms with van der Waals surface area (Å²) in [7, 11) is 0. The van der Waals surface area contributed by atoms with Crippen LogP contribution in [0.2, 0.25) is 0 Å². The van der Waals surface area contributed by atoms with Crippen LogP contribution >= 0.6 is 31.9 Å². The van der Waals surface area contributed by atoms with Gasteiger partial charge in [0, 0.05) is 27.4 Å². The van der Waals surface area contributed by atoms with E-state index < -0.39 is 0 Å². The van der Waals surface area contributed by atoms with Gasteiger partial charge in [-0.05, 0) is 79.1 Å². The Hall–Kier alpha value is -3.20. The van der Waals surface area contributed by atoms with Gasteiger partial charge in [0.25, 0.3) is 0 Å². The van der Waals surface area contributed by atoms with Crippen molar-refractivity contribution in [2.75, 3.05) is 0 Å². The zero-order valence-electron chi connectivity index (χ0n) is 21.8. The average molecular weight is 647 g/mol. The van der Waals surface area contributed by atoms with Crippen molar-refractivity contribution in [2.24, 2.45) is 0 Å². The Morgan fingerprint density at radius 1 is 0.667 bits per heavy atom. The molecule has 198 valence electrons. The van der Waals surface area contributed by atoms with Crippen LogP contribution in [0.15, 0.2) is 98.3 Å². The first kappa shape index (κ1) is 28.8. The van der Waals surface area contributed by atoms with Gasteiger partial charge in [0.05, 0.1) is 23.3 Å². The molecule has 4 aromatic rings. The smallest absolute Gasteiger partial charge is 0.361 e. The predicted octanol–water partition coefficient (Wildman–Crippen LogP) is 10.7. The van der Waals surface area contributed by atoms with Gasteiger partial charge in [-0.3, -0.25) is 4.79 Å². The molecule has 0 aliphatic rings. The summed E-state index contributed by atoms with van der Waals surface area (Å²) in [6.07, 6.45) is 13.0. The summed E-state index contributed by atoms with van der Waals surface area (Å²) in [6.45, 7) is 0. The second kappa shape index (κ2) is 14.8. The minimum absolute atomic E-state index is 0.191. The van der Waals surface area contributed by atoms with Crippen LogP contribution in [0.3, 0.4) is 0 Å². The normalized spacial score (nSPS) is 10.7. The highest BCUT2D eigenvalue weighted by molar-refractivity contribution is 9.10. The third-order valence-corrected chi connectivity index (χ3v) is 7.48. The first-order chi connectivity index (χ1) is 19.0. The van der Waals surface area contributed by atoms with Crippen LogP contribution in [0.25, 0.3) is 33.8 Å². The summed E-state index contributed by atoms with van der Waals surface area (Å²) in [4.78, 5) is 12.3. The number of hydrogen-bond donors (Lipinski definition) is 0. The van der Waals surface area contributed by atoms with E-state index in [0.29, 0.717) is 12.2 Å². The fourth-order valence-corrected chi connectivity index (χ4v) is 4.81. The average Bonchev–Trinajstić information content (AvgIpc) is 2.95. The Morgan fingerprint density at radius 3 is 1.69 bits per heavy atom. The van der Waals surface area contributed by atoms with Gasteiger partial charge < -0.3 is 4.74 Å². The number of rotatable bonds is 12. The molecule has 0 spiro atoms. The van der Waals surface area contributed by atoms with E-state index in [9.17, 15) is 4.79 Å². The van der Waals surface area contributed by atoms with Crippen LogP contribution in [0.4, 0.5) is 0 Å². The molecular formula is C34H31Br2O3+. The lowest BCUT2D eigenvalue weighted by molar-refractivity contribution is -0.134. The summed E-state index contributed by atoms with van der Waals surface area (Å²) in [6, 6.07) is 27.8. The maximum absolute atomic E-state index is 12.3. The molecule has 0 amide bonds. The molecule has 0 atom stereocenters. The number of ether oxygens (including phenoxy) is 1. The molecule has 1 heterocycles. The second-order valence-electron chi connectivity index (χ2n) is 9.41. The number of benzene rings is 3. The van der Waals surface area contributed by atoms with Crippen LogP contribution in [0, 0.1) is 12.3 Å². The molecule has 0 aliphatic heterocycles. The second-order valence-corrected chi connectivity index (χ2v) is 11.2. The van der Waals surface area contributed by atoms with Gasteiger partial charge >= 0.3 is 17.5 Å². The number of esters is 1. The lowest BCUT2D eigenvalue weighted by Gasteiger charge is -2.07. The van der Waals surface area contributed by atoms with Crippen molar-refractivity contribution in [3.63, 3.8) is 0 Å². The molecular weight excluding hydrogens is 616 g/mol. The minimum Gasteiger partial charge on any atom is -0.427 e. The number of hydrogen-bond acceptors (Lipinski definition) is 2. The third-order valence-electron chi connectivity index (χ3n) is 6.42. The third kappa shape index (κ3) is 8.92. The lowest BCUT2D eigenvalue weighted by Crippen LogP contribution is -2.07. The number of carbonyl (C=O) groups is 1. The first-order valence-corrected chi connectivity index (χ1v) is 14.8. The molecule has 0 bridgehead atoms. The molecule has 4 rings (SSSR count). The Morgan fingerprint density at radius 2 is 1.15 bits per heavy atom. The summed E-state index contributed by atoms with van der Waals surface area (Å²) in [5, 5.41) is 0. The van der Waals surface area contributed by atoms with Crippen LogP contribution < -0.4 is 4.74 Å². The SMILES string of the molecule is C#CCCCCCCCCC(=O)Oc1ccc(-c2cc(-c3ccc(Br)cc3)[o+]c(-c3ccc(Br)cc3)c2)cc1. The monoisotopic (exact) mass is 645 g/mol. The zero-order valence-corrected chi connectivity index (χ0v) is 25.0. The van der Waals surface area contributed by atoms with E-state index in [1.807, 2.05) is 84.9 Å². The van der Waals surface area contributed by atoms with Crippen molar-refractivity contribution in [1.29, 1.82) is 0 Å². The Labute approximate surface area is 247 Å². The summed E-state index contributed by atoms with van der Waals surface area (Å²) in [5.41, 5.74) is 3.98. The van der Waals surface area contributed by atoms with Gasteiger partial charge in [0.1, 0.15) is 5.75 Å². The topological polar surface area (TPSA) is 37.6 Å². The molecule has 0 fully saturated rings. The molecule has 0 saturated carbocycles. The maximum atomic E-state index is 12.3. The summed E-state index contributed by atoms with van der Waals surface area (Å²) < 4.78 is 13.9. The highest BCUT2D eigenvalue weighted by Crippen LogP contribution is 2.34. The van der Waals surface area contributed by atoms with Crippen molar-refractivity contribution in [3.05, 3.63) is 93.9 Å². The molecule has 5 heteroatoms. The number of terminal acetylenes is 1.